The van der Waals surface area contributed by atoms with Gasteiger partial charge in [-0.25, -0.2) is 8.42 Å². The van der Waals surface area contributed by atoms with Gasteiger partial charge in [0.15, 0.2) is 9.84 Å². The molecule has 9 heteroatoms. The van der Waals surface area contributed by atoms with E-state index in [4.69, 9.17) is 4.74 Å². The Morgan fingerprint density at radius 3 is 2.71 bits per heavy atom. The van der Waals surface area contributed by atoms with Gasteiger partial charge in [0.25, 0.3) is 11.8 Å². The van der Waals surface area contributed by atoms with Crippen LogP contribution in [0.25, 0.3) is 0 Å². The van der Waals surface area contributed by atoms with E-state index in [2.05, 4.69) is 10.3 Å². The number of hydrogen-bond donors (Lipinski definition) is 1. The van der Waals surface area contributed by atoms with Crippen molar-refractivity contribution in [2.75, 3.05) is 37.8 Å². The maximum absolute atomic E-state index is 12.4. The average Bonchev–Trinajstić information content (AvgIpc) is 2.93. The second-order valence-electron chi connectivity index (χ2n) is 5.91. The zero-order valence-electron chi connectivity index (χ0n) is 13.1. The first-order chi connectivity index (χ1) is 11.4. The molecule has 2 fully saturated rings. The number of hydrogen-bond acceptors (Lipinski definition) is 6. The molecule has 2 amide bonds. The van der Waals surface area contributed by atoms with E-state index in [-0.39, 0.29) is 23.1 Å². The lowest BCUT2D eigenvalue weighted by Crippen LogP contribution is -2.41. The van der Waals surface area contributed by atoms with Gasteiger partial charge in [0.2, 0.25) is 0 Å². The Morgan fingerprint density at radius 2 is 2.04 bits per heavy atom. The molecular formula is C15H19N3O5S. The third kappa shape index (κ3) is 3.90. The van der Waals surface area contributed by atoms with Crippen LogP contribution in [0.4, 0.5) is 0 Å². The van der Waals surface area contributed by atoms with Gasteiger partial charge in [0.1, 0.15) is 5.69 Å². The number of pyridine rings is 1. The molecule has 8 nitrogen and oxygen atoms in total. The molecule has 1 unspecified atom stereocenters. The van der Waals surface area contributed by atoms with E-state index in [1.54, 1.807) is 11.0 Å². The summed E-state index contributed by atoms with van der Waals surface area (Å²) in [5.41, 5.74) is 0.495. The molecule has 0 saturated carbocycles. The highest BCUT2D eigenvalue weighted by Crippen LogP contribution is 2.13. The van der Waals surface area contributed by atoms with Crippen molar-refractivity contribution in [1.82, 2.24) is 15.2 Å². The smallest absolute Gasteiger partial charge is 0.270 e. The van der Waals surface area contributed by atoms with Crippen LogP contribution in [0.3, 0.4) is 0 Å². The van der Waals surface area contributed by atoms with Crippen molar-refractivity contribution in [3.05, 3.63) is 29.6 Å². The van der Waals surface area contributed by atoms with Crippen molar-refractivity contribution in [2.24, 2.45) is 0 Å². The summed E-state index contributed by atoms with van der Waals surface area (Å²) in [6, 6.07) is 2.61. The van der Waals surface area contributed by atoms with Crippen LogP contribution in [0, 0.1) is 0 Å². The maximum Gasteiger partial charge on any atom is 0.270 e. The highest BCUT2D eigenvalue weighted by atomic mass is 32.2. The number of ether oxygens (including phenoxy) is 1. The molecule has 3 rings (SSSR count). The number of morpholine rings is 1. The number of nitrogens with one attached hydrogen (secondary N) is 1. The number of carbonyl (C=O) groups excluding carboxylic acids is 2. The molecule has 1 aromatic heterocycles. The van der Waals surface area contributed by atoms with Gasteiger partial charge in [0, 0.05) is 30.9 Å². The minimum absolute atomic E-state index is 0.0505. The molecule has 1 atom stereocenters. The molecule has 24 heavy (non-hydrogen) atoms. The number of aromatic nitrogens is 1. The zero-order valence-corrected chi connectivity index (χ0v) is 13.9. The molecule has 2 saturated heterocycles. The quantitative estimate of drug-likeness (QED) is 0.783. The normalized spacial score (nSPS) is 23.0. The van der Waals surface area contributed by atoms with Crippen LogP contribution in [0.1, 0.15) is 27.3 Å². The van der Waals surface area contributed by atoms with Crippen molar-refractivity contribution in [3.63, 3.8) is 0 Å². The SMILES string of the molecule is O=C(NC1CCS(=O)(=O)C1)c1cc(C(=O)N2CCOCC2)ccn1. The monoisotopic (exact) mass is 353 g/mol. The van der Waals surface area contributed by atoms with E-state index >= 15 is 0 Å². The summed E-state index contributed by atoms with van der Waals surface area (Å²) in [5.74, 6) is -0.599. The fraction of sp³-hybridized carbons (Fsp3) is 0.533. The van der Waals surface area contributed by atoms with Gasteiger partial charge in [-0.3, -0.25) is 14.6 Å². The van der Waals surface area contributed by atoms with Crippen LogP contribution in [0.15, 0.2) is 18.3 Å². The summed E-state index contributed by atoms with van der Waals surface area (Å²) in [7, 11) is -3.07. The fourth-order valence-electron chi connectivity index (χ4n) is 2.80. The number of sulfone groups is 1. The van der Waals surface area contributed by atoms with E-state index in [1.165, 1.54) is 12.3 Å². The number of rotatable bonds is 3. The molecule has 2 aliphatic heterocycles. The third-order valence-corrected chi connectivity index (χ3v) is 5.87. The number of carbonyl (C=O) groups is 2. The van der Waals surface area contributed by atoms with Gasteiger partial charge in [-0.1, -0.05) is 0 Å². The molecule has 1 N–H and O–H groups in total. The van der Waals surface area contributed by atoms with Gasteiger partial charge >= 0.3 is 0 Å². The largest absolute Gasteiger partial charge is 0.378 e. The number of amides is 2. The second kappa shape index (κ2) is 6.86. The molecule has 0 bridgehead atoms. The molecule has 0 aliphatic carbocycles. The highest BCUT2D eigenvalue weighted by Gasteiger charge is 2.29. The molecule has 0 spiro atoms. The lowest BCUT2D eigenvalue weighted by Gasteiger charge is -2.26. The van der Waals surface area contributed by atoms with Crippen molar-refractivity contribution < 1.29 is 22.7 Å². The topological polar surface area (TPSA) is 106 Å². The predicted molar refractivity (Wildman–Crippen MR) is 85.5 cm³/mol. The minimum atomic E-state index is -3.07. The van der Waals surface area contributed by atoms with Crippen molar-refractivity contribution in [1.29, 1.82) is 0 Å². The first-order valence-corrected chi connectivity index (χ1v) is 9.61. The maximum atomic E-state index is 12.4. The van der Waals surface area contributed by atoms with Crippen LogP contribution in [0.5, 0.6) is 0 Å². The Balaban J connectivity index is 1.68. The lowest BCUT2D eigenvalue weighted by atomic mass is 10.1. The van der Waals surface area contributed by atoms with Crippen LogP contribution in [-0.2, 0) is 14.6 Å². The van der Waals surface area contributed by atoms with Crippen LogP contribution < -0.4 is 5.32 Å². The van der Waals surface area contributed by atoms with Gasteiger partial charge in [0.05, 0.1) is 24.7 Å². The average molecular weight is 353 g/mol. The zero-order chi connectivity index (χ0) is 17.2. The van der Waals surface area contributed by atoms with E-state index in [1.807, 2.05) is 0 Å². The summed E-state index contributed by atoms with van der Waals surface area (Å²) in [4.78, 5) is 30.3. The standard InChI is InChI=1S/C15H19N3O5S/c19-14(17-12-2-8-24(21,22)10-12)13-9-11(1-3-16-13)15(20)18-4-6-23-7-5-18/h1,3,9,12H,2,4-8,10H2,(H,17,19). The first-order valence-electron chi connectivity index (χ1n) is 7.79. The predicted octanol–water partition coefficient (Wildman–Crippen LogP) is -0.529. The number of nitrogens with zero attached hydrogens (tertiary/aromatic N) is 2. The van der Waals surface area contributed by atoms with Gasteiger partial charge in [-0.05, 0) is 18.6 Å². The van der Waals surface area contributed by atoms with E-state index in [9.17, 15) is 18.0 Å². The molecule has 0 radical (unpaired) electrons. The Kier molecular flexibility index (Phi) is 4.81. The summed E-state index contributed by atoms with van der Waals surface area (Å²) in [6.45, 7) is 2.03. The Hall–Kier alpha value is -2.00. The summed E-state index contributed by atoms with van der Waals surface area (Å²) in [6.07, 6.45) is 1.81. The van der Waals surface area contributed by atoms with Crippen LogP contribution in [0.2, 0.25) is 0 Å². The molecular weight excluding hydrogens is 334 g/mol. The van der Waals surface area contributed by atoms with E-state index < -0.39 is 21.8 Å². The molecule has 0 aromatic carbocycles. The van der Waals surface area contributed by atoms with E-state index in [0.29, 0.717) is 38.3 Å². The van der Waals surface area contributed by atoms with Gasteiger partial charge < -0.3 is 15.0 Å². The summed E-state index contributed by atoms with van der Waals surface area (Å²) < 4.78 is 28.1. The van der Waals surface area contributed by atoms with Crippen LogP contribution >= 0.6 is 0 Å². The van der Waals surface area contributed by atoms with Crippen molar-refractivity contribution in [2.45, 2.75) is 12.5 Å². The Bertz CT molecular complexity index is 743. The minimum Gasteiger partial charge on any atom is -0.378 e. The lowest BCUT2D eigenvalue weighted by molar-refractivity contribution is 0.0303. The van der Waals surface area contributed by atoms with Crippen LogP contribution in [-0.4, -0.2) is 74.0 Å². The molecule has 2 aliphatic rings. The van der Waals surface area contributed by atoms with Gasteiger partial charge in [-0.2, -0.15) is 0 Å². The third-order valence-electron chi connectivity index (χ3n) is 4.11. The second-order valence-corrected chi connectivity index (χ2v) is 8.14. The molecule has 1 aromatic rings. The Labute approximate surface area is 140 Å². The van der Waals surface area contributed by atoms with Gasteiger partial charge in [-0.15, -0.1) is 0 Å². The van der Waals surface area contributed by atoms with Crippen molar-refractivity contribution >= 4 is 21.7 Å². The fourth-order valence-corrected chi connectivity index (χ4v) is 4.48. The summed E-state index contributed by atoms with van der Waals surface area (Å²) in [5, 5.41) is 2.67. The molecule has 3 heterocycles. The van der Waals surface area contributed by atoms with Crippen molar-refractivity contribution in [3.8, 4) is 0 Å². The first kappa shape index (κ1) is 16.8. The summed E-state index contributed by atoms with van der Waals surface area (Å²) >= 11 is 0. The van der Waals surface area contributed by atoms with E-state index in [0.717, 1.165) is 0 Å². The Morgan fingerprint density at radius 1 is 1.29 bits per heavy atom. The highest BCUT2D eigenvalue weighted by molar-refractivity contribution is 7.91. The molecule has 130 valence electrons.